The predicted molar refractivity (Wildman–Crippen MR) is 91.3 cm³/mol. The molecule has 0 saturated heterocycles. The van der Waals surface area contributed by atoms with Crippen molar-refractivity contribution in [1.82, 2.24) is 0 Å². The Hall–Kier alpha value is -0.850. The fraction of sp³-hybridized carbons (Fsp3) is 0.700. The zero-order chi connectivity index (χ0) is 16.0. The molecule has 0 aliphatic heterocycles. The molecule has 2 rings (SSSR count). The van der Waals surface area contributed by atoms with Gasteiger partial charge < -0.3 is 0 Å². The van der Waals surface area contributed by atoms with Gasteiger partial charge in [0.25, 0.3) is 0 Å². The number of benzene rings is 1. The third-order valence-corrected chi connectivity index (χ3v) is 4.12. The highest BCUT2D eigenvalue weighted by atomic mass is 19.1. The van der Waals surface area contributed by atoms with Gasteiger partial charge in [0.2, 0.25) is 0 Å². The van der Waals surface area contributed by atoms with E-state index in [1.54, 1.807) is 6.07 Å². The molecule has 0 amide bonds. The summed E-state index contributed by atoms with van der Waals surface area (Å²) in [6.45, 7) is 13.0. The molecule has 0 N–H and O–H groups in total. The summed E-state index contributed by atoms with van der Waals surface area (Å²) in [5.41, 5.74) is 3.63. The minimum atomic E-state index is -0.0684. The van der Waals surface area contributed by atoms with Crippen LogP contribution in [0.4, 0.5) is 4.39 Å². The van der Waals surface area contributed by atoms with E-state index in [4.69, 9.17) is 0 Å². The van der Waals surface area contributed by atoms with E-state index in [1.165, 1.54) is 30.4 Å². The van der Waals surface area contributed by atoms with Crippen molar-refractivity contribution in [1.29, 1.82) is 0 Å². The molecule has 1 fully saturated rings. The molecular formula is C20H33F. The van der Waals surface area contributed by atoms with E-state index >= 15 is 0 Å². The molecule has 1 aliphatic rings. The highest BCUT2D eigenvalue weighted by molar-refractivity contribution is 5.36. The summed E-state index contributed by atoms with van der Waals surface area (Å²) < 4.78 is 13.5. The second-order valence-corrected chi connectivity index (χ2v) is 7.65. The van der Waals surface area contributed by atoms with E-state index in [-0.39, 0.29) is 11.2 Å². The zero-order valence-electron chi connectivity index (χ0n) is 14.9. The minimum absolute atomic E-state index is 0.0684. The normalized spacial score (nSPS) is 14.6. The summed E-state index contributed by atoms with van der Waals surface area (Å²) in [6.07, 6.45) is 7.51. The lowest BCUT2D eigenvalue weighted by atomic mass is 9.84. The van der Waals surface area contributed by atoms with Crippen LogP contribution in [0.25, 0.3) is 0 Å². The lowest BCUT2D eigenvalue weighted by molar-refractivity contribution is 0.409. The lowest BCUT2D eigenvalue weighted by Gasteiger charge is -2.21. The molecule has 1 heteroatoms. The molecule has 0 radical (unpaired) electrons. The molecule has 0 nitrogen and oxygen atoms in total. The summed E-state index contributed by atoms with van der Waals surface area (Å²) in [7, 11) is 0. The SMILES string of the molecule is CCC1CC1.CCCc1c(CC(C)(C)C)ccc(F)c1C. The maximum Gasteiger partial charge on any atom is 0.126 e. The number of hydrogen-bond donors (Lipinski definition) is 0. The average Bonchev–Trinajstić information content (AvgIpc) is 3.21. The topological polar surface area (TPSA) is 0 Å². The molecular weight excluding hydrogens is 259 g/mol. The Bertz CT molecular complexity index is 436. The van der Waals surface area contributed by atoms with Crippen LogP contribution in [0.1, 0.15) is 77.0 Å². The van der Waals surface area contributed by atoms with Crippen molar-refractivity contribution in [2.24, 2.45) is 11.3 Å². The molecule has 1 aliphatic carbocycles. The summed E-state index contributed by atoms with van der Waals surface area (Å²) in [4.78, 5) is 0. The molecule has 0 heterocycles. The van der Waals surface area contributed by atoms with E-state index in [2.05, 4.69) is 34.6 Å². The molecule has 120 valence electrons. The van der Waals surface area contributed by atoms with Crippen molar-refractivity contribution in [2.75, 3.05) is 0 Å². The molecule has 1 saturated carbocycles. The van der Waals surface area contributed by atoms with E-state index in [1.807, 2.05) is 13.0 Å². The quantitative estimate of drug-likeness (QED) is 0.595. The van der Waals surface area contributed by atoms with Gasteiger partial charge in [-0.25, -0.2) is 4.39 Å². The smallest absolute Gasteiger partial charge is 0.126 e. The molecule has 1 aromatic rings. The van der Waals surface area contributed by atoms with Gasteiger partial charge in [-0.2, -0.15) is 0 Å². The second-order valence-electron chi connectivity index (χ2n) is 7.65. The van der Waals surface area contributed by atoms with Gasteiger partial charge in [0.1, 0.15) is 5.82 Å². The number of halogens is 1. The van der Waals surface area contributed by atoms with Crippen LogP contribution >= 0.6 is 0 Å². The highest BCUT2D eigenvalue weighted by Crippen LogP contribution is 2.31. The Morgan fingerprint density at radius 1 is 1.14 bits per heavy atom. The van der Waals surface area contributed by atoms with Crippen molar-refractivity contribution in [3.63, 3.8) is 0 Å². The largest absolute Gasteiger partial charge is 0.207 e. The van der Waals surface area contributed by atoms with E-state index in [0.29, 0.717) is 0 Å². The second kappa shape index (κ2) is 7.96. The van der Waals surface area contributed by atoms with Crippen LogP contribution in [0.15, 0.2) is 12.1 Å². The first-order valence-electron chi connectivity index (χ1n) is 8.55. The summed E-state index contributed by atoms with van der Waals surface area (Å²) in [5.74, 6) is 1.07. The summed E-state index contributed by atoms with van der Waals surface area (Å²) >= 11 is 0. The Morgan fingerprint density at radius 2 is 1.76 bits per heavy atom. The first-order chi connectivity index (χ1) is 9.78. The van der Waals surface area contributed by atoms with Gasteiger partial charge in [0.05, 0.1) is 0 Å². The van der Waals surface area contributed by atoms with Gasteiger partial charge in [0.15, 0.2) is 0 Å². The van der Waals surface area contributed by atoms with Crippen LogP contribution in [-0.4, -0.2) is 0 Å². The van der Waals surface area contributed by atoms with E-state index in [0.717, 1.165) is 30.7 Å². The molecule has 0 spiro atoms. The van der Waals surface area contributed by atoms with Gasteiger partial charge in [-0.15, -0.1) is 0 Å². The van der Waals surface area contributed by atoms with Crippen molar-refractivity contribution in [3.05, 3.63) is 34.6 Å². The first kappa shape index (κ1) is 18.2. The van der Waals surface area contributed by atoms with Gasteiger partial charge in [-0.3, -0.25) is 0 Å². The maximum atomic E-state index is 13.5. The lowest BCUT2D eigenvalue weighted by Crippen LogP contribution is -2.12. The minimum Gasteiger partial charge on any atom is -0.207 e. The monoisotopic (exact) mass is 292 g/mol. The van der Waals surface area contributed by atoms with Crippen molar-refractivity contribution >= 4 is 0 Å². The van der Waals surface area contributed by atoms with Gasteiger partial charge in [-0.05, 0) is 53.9 Å². The molecule has 21 heavy (non-hydrogen) atoms. The summed E-state index contributed by atoms with van der Waals surface area (Å²) in [5, 5.41) is 0. The van der Waals surface area contributed by atoms with Crippen LogP contribution in [0.5, 0.6) is 0 Å². The third kappa shape index (κ3) is 6.63. The van der Waals surface area contributed by atoms with Crippen LogP contribution in [0, 0.1) is 24.1 Å². The van der Waals surface area contributed by atoms with Gasteiger partial charge in [0, 0.05) is 0 Å². The van der Waals surface area contributed by atoms with Gasteiger partial charge >= 0.3 is 0 Å². The van der Waals surface area contributed by atoms with Crippen LogP contribution < -0.4 is 0 Å². The Labute approximate surface area is 131 Å². The molecule has 0 atom stereocenters. The average molecular weight is 292 g/mol. The fourth-order valence-corrected chi connectivity index (χ4v) is 2.65. The highest BCUT2D eigenvalue weighted by Gasteiger charge is 2.17. The van der Waals surface area contributed by atoms with E-state index < -0.39 is 0 Å². The predicted octanol–water partition coefficient (Wildman–Crippen LogP) is 6.48. The van der Waals surface area contributed by atoms with Crippen molar-refractivity contribution < 1.29 is 4.39 Å². The zero-order valence-corrected chi connectivity index (χ0v) is 14.9. The number of rotatable bonds is 4. The molecule has 0 unspecified atom stereocenters. The Morgan fingerprint density at radius 3 is 2.14 bits per heavy atom. The van der Waals surface area contributed by atoms with Crippen LogP contribution in [0.3, 0.4) is 0 Å². The van der Waals surface area contributed by atoms with Gasteiger partial charge in [-0.1, -0.05) is 66.4 Å². The number of hydrogen-bond acceptors (Lipinski definition) is 0. The van der Waals surface area contributed by atoms with E-state index in [9.17, 15) is 4.39 Å². The Kier molecular flexibility index (Phi) is 6.90. The molecule has 1 aromatic carbocycles. The molecule has 0 bridgehead atoms. The van der Waals surface area contributed by atoms with Crippen LogP contribution in [0.2, 0.25) is 0 Å². The third-order valence-electron chi connectivity index (χ3n) is 4.12. The first-order valence-corrected chi connectivity index (χ1v) is 8.55. The van der Waals surface area contributed by atoms with Crippen LogP contribution in [-0.2, 0) is 12.8 Å². The fourth-order valence-electron chi connectivity index (χ4n) is 2.65. The van der Waals surface area contributed by atoms with Crippen molar-refractivity contribution in [3.8, 4) is 0 Å². The molecule has 0 aromatic heterocycles. The van der Waals surface area contributed by atoms with Crippen molar-refractivity contribution in [2.45, 2.75) is 80.1 Å². The maximum absolute atomic E-state index is 13.5. The Balaban J connectivity index is 0.000000369. The summed E-state index contributed by atoms with van der Waals surface area (Å²) in [6, 6.07) is 3.56. The standard InChI is InChI=1S/C15H23F.C5H10/c1-6-7-13-11(2)14(16)9-8-12(13)10-15(3,4)5;1-2-5-3-4-5/h8-9H,6-7,10H2,1-5H3;5H,2-4H2,1H3.